The second kappa shape index (κ2) is 7.79. The van der Waals surface area contributed by atoms with Gasteiger partial charge in [-0.2, -0.15) is 0 Å². The normalized spacial score (nSPS) is 13.7. The van der Waals surface area contributed by atoms with Crippen molar-refractivity contribution >= 4 is 34.8 Å². The number of hydrogen-bond acceptors (Lipinski definition) is 2. The van der Waals surface area contributed by atoms with Crippen LogP contribution < -0.4 is 0 Å². The molecule has 0 N–H and O–H groups in total. The molecular formula is C25H17ClO2. The van der Waals surface area contributed by atoms with Crippen LogP contribution in [0.15, 0.2) is 90.5 Å². The molecule has 0 atom stereocenters. The summed E-state index contributed by atoms with van der Waals surface area (Å²) >= 11 is 6.23. The van der Waals surface area contributed by atoms with E-state index in [0.29, 0.717) is 10.6 Å². The van der Waals surface area contributed by atoms with Crippen molar-refractivity contribution in [3.05, 3.63) is 118 Å². The predicted molar refractivity (Wildman–Crippen MR) is 113 cm³/mol. The van der Waals surface area contributed by atoms with Crippen LogP contribution in [-0.4, -0.2) is 11.6 Å². The van der Waals surface area contributed by atoms with Crippen molar-refractivity contribution in [2.45, 2.75) is 6.42 Å². The second-order valence-corrected chi connectivity index (χ2v) is 7.06. The Bertz CT molecular complexity index is 1110. The Morgan fingerprint density at radius 2 is 1.57 bits per heavy atom. The molecule has 136 valence electrons. The monoisotopic (exact) mass is 384 g/mol. The lowest BCUT2D eigenvalue weighted by molar-refractivity contribution is -0.119. The highest BCUT2D eigenvalue weighted by molar-refractivity contribution is 6.33. The summed E-state index contributed by atoms with van der Waals surface area (Å²) in [5.74, 6) is -0.463. The average Bonchev–Trinajstić information content (AvgIpc) is 2.73. The first kappa shape index (κ1) is 18.1. The molecule has 28 heavy (non-hydrogen) atoms. The summed E-state index contributed by atoms with van der Waals surface area (Å²) in [7, 11) is 0. The molecular weight excluding hydrogens is 368 g/mol. The minimum absolute atomic E-state index is 0.170. The smallest absolute Gasteiger partial charge is 0.190 e. The van der Waals surface area contributed by atoms with Crippen molar-refractivity contribution in [3.63, 3.8) is 0 Å². The third-order valence-electron chi connectivity index (χ3n) is 4.76. The fraction of sp³-hybridized carbons (Fsp3) is 0.0400. The highest BCUT2D eigenvalue weighted by Gasteiger charge is 2.29. The van der Waals surface area contributed by atoms with Gasteiger partial charge in [-0.15, -0.1) is 0 Å². The lowest BCUT2D eigenvalue weighted by Crippen LogP contribution is -2.21. The van der Waals surface area contributed by atoms with Crippen LogP contribution in [0.4, 0.5) is 0 Å². The van der Waals surface area contributed by atoms with E-state index in [1.54, 1.807) is 12.1 Å². The van der Waals surface area contributed by atoms with E-state index < -0.39 is 0 Å². The molecule has 0 saturated heterocycles. The standard InChI is InChI=1S/C25H17ClO2/c26-20-13-12-19-15-23(28)25(22(27)14-11-17-7-3-1-4-8-17)24(21(19)16-20)18-9-5-2-6-10-18/h1-14,16H,15H2. The highest BCUT2D eigenvalue weighted by atomic mass is 35.5. The van der Waals surface area contributed by atoms with Gasteiger partial charge < -0.3 is 0 Å². The van der Waals surface area contributed by atoms with Crippen LogP contribution in [0.5, 0.6) is 0 Å². The molecule has 0 unspecified atom stereocenters. The van der Waals surface area contributed by atoms with Gasteiger partial charge in [0.2, 0.25) is 0 Å². The van der Waals surface area contributed by atoms with Crippen LogP contribution >= 0.6 is 11.6 Å². The number of allylic oxidation sites excluding steroid dienone is 2. The van der Waals surface area contributed by atoms with Gasteiger partial charge >= 0.3 is 0 Å². The zero-order valence-electron chi connectivity index (χ0n) is 15.1. The van der Waals surface area contributed by atoms with Crippen molar-refractivity contribution in [2.24, 2.45) is 0 Å². The van der Waals surface area contributed by atoms with Gasteiger partial charge in [0.1, 0.15) is 0 Å². The number of halogens is 1. The number of fused-ring (bicyclic) bond motifs is 1. The fourth-order valence-corrected chi connectivity index (χ4v) is 3.63. The Morgan fingerprint density at radius 1 is 0.893 bits per heavy atom. The molecule has 3 heteroatoms. The van der Waals surface area contributed by atoms with E-state index in [2.05, 4.69) is 0 Å². The molecule has 0 amide bonds. The summed E-state index contributed by atoms with van der Waals surface area (Å²) in [4.78, 5) is 26.0. The first-order valence-corrected chi connectivity index (χ1v) is 9.40. The minimum atomic E-state index is -0.293. The third kappa shape index (κ3) is 3.60. The molecule has 1 aliphatic rings. The summed E-state index contributed by atoms with van der Waals surface area (Å²) in [6.07, 6.45) is 3.41. The van der Waals surface area contributed by atoms with Gasteiger partial charge in [0.25, 0.3) is 0 Å². The van der Waals surface area contributed by atoms with E-state index in [4.69, 9.17) is 11.6 Å². The Morgan fingerprint density at radius 3 is 2.29 bits per heavy atom. The maximum Gasteiger partial charge on any atom is 0.190 e. The van der Waals surface area contributed by atoms with E-state index >= 15 is 0 Å². The topological polar surface area (TPSA) is 34.1 Å². The Kier molecular flexibility index (Phi) is 5.05. The second-order valence-electron chi connectivity index (χ2n) is 6.63. The molecule has 0 saturated carbocycles. The van der Waals surface area contributed by atoms with Gasteiger partial charge in [0.05, 0.1) is 5.57 Å². The predicted octanol–water partition coefficient (Wildman–Crippen LogP) is 5.55. The maximum atomic E-state index is 13.1. The summed E-state index contributed by atoms with van der Waals surface area (Å²) in [6, 6.07) is 24.5. The lowest BCUT2D eigenvalue weighted by atomic mass is 9.80. The molecule has 4 rings (SSSR count). The molecule has 2 nitrogen and oxygen atoms in total. The van der Waals surface area contributed by atoms with Gasteiger partial charge in [0.15, 0.2) is 11.6 Å². The molecule has 0 heterocycles. The molecule has 3 aromatic carbocycles. The van der Waals surface area contributed by atoms with E-state index in [-0.39, 0.29) is 23.6 Å². The van der Waals surface area contributed by atoms with Crippen LogP contribution in [0.2, 0.25) is 5.02 Å². The summed E-state index contributed by atoms with van der Waals surface area (Å²) in [5.41, 5.74) is 4.33. The molecule has 0 bridgehead atoms. The fourth-order valence-electron chi connectivity index (χ4n) is 3.46. The van der Waals surface area contributed by atoms with Gasteiger partial charge in [-0.25, -0.2) is 0 Å². The van der Waals surface area contributed by atoms with Crippen LogP contribution in [0.1, 0.15) is 22.3 Å². The molecule has 0 aliphatic heterocycles. The van der Waals surface area contributed by atoms with Crippen LogP contribution in [0.3, 0.4) is 0 Å². The Hall–Kier alpha value is -3.23. The van der Waals surface area contributed by atoms with Gasteiger partial charge in [0, 0.05) is 17.0 Å². The first-order valence-electron chi connectivity index (χ1n) is 9.02. The SMILES string of the molecule is O=C(C=Cc1ccccc1)C1=C(c2ccccc2)c2cc(Cl)ccc2CC1=O. The van der Waals surface area contributed by atoms with Crippen molar-refractivity contribution in [1.82, 2.24) is 0 Å². The minimum Gasteiger partial charge on any atom is -0.294 e. The van der Waals surface area contributed by atoms with E-state index in [1.807, 2.05) is 72.8 Å². The molecule has 3 aromatic rings. The molecule has 0 aromatic heterocycles. The number of hydrogen-bond donors (Lipinski definition) is 0. The van der Waals surface area contributed by atoms with E-state index in [9.17, 15) is 9.59 Å². The van der Waals surface area contributed by atoms with Gasteiger partial charge in [-0.3, -0.25) is 9.59 Å². The van der Waals surface area contributed by atoms with Crippen LogP contribution in [0, 0.1) is 0 Å². The zero-order valence-corrected chi connectivity index (χ0v) is 15.8. The quantitative estimate of drug-likeness (QED) is 0.436. The molecule has 1 aliphatic carbocycles. The summed E-state index contributed by atoms with van der Waals surface area (Å²) < 4.78 is 0. The number of carbonyl (C=O) groups excluding carboxylic acids is 2. The van der Waals surface area contributed by atoms with E-state index in [1.165, 1.54) is 6.08 Å². The van der Waals surface area contributed by atoms with Crippen LogP contribution in [-0.2, 0) is 16.0 Å². The lowest BCUT2D eigenvalue weighted by Gasteiger charge is -2.22. The zero-order chi connectivity index (χ0) is 19.5. The Balaban J connectivity index is 1.88. The molecule has 0 fully saturated rings. The number of carbonyl (C=O) groups is 2. The first-order chi connectivity index (χ1) is 13.6. The van der Waals surface area contributed by atoms with Crippen molar-refractivity contribution in [1.29, 1.82) is 0 Å². The summed E-state index contributed by atoms with van der Waals surface area (Å²) in [6.45, 7) is 0. The third-order valence-corrected chi connectivity index (χ3v) is 4.99. The van der Waals surface area contributed by atoms with Crippen molar-refractivity contribution in [3.8, 4) is 0 Å². The number of ketones is 2. The van der Waals surface area contributed by atoms with Gasteiger partial charge in [-0.1, -0.05) is 84.4 Å². The average molecular weight is 385 g/mol. The molecule has 0 radical (unpaired) electrons. The molecule has 0 spiro atoms. The number of benzene rings is 3. The maximum absolute atomic E-state index is 13.1. The number of Topliss-reactive ketones (excluding diaryl/α,β-unsaturated/α-hetero) is 1. The van der Waals surface area contributed by atoms with E-state index in [0.717, 1.165) is 22.3 Å². The van der Waals surface area contributed by atoms with Crippen LogP contribution in [0.25, 0.3) is 11.6 Å². The largest absolute Gasteiger partial charge is 0.294 e. The van der Waals surface area contributed by atoms with Gasteiger partial charge in [-0.05, 0) is 40.5 Å². The highest BCUT2D eigenvalue weighted by Crippen LogP contribution is 2.36. The van der Waals surface area contributed by atoms with Crippen molar-refractivity contribution < 1.29 is 9.59 Å². The van der Waals surface area contributed by atoms with Crippen molar-refractivity contribution in [2.75, 3.05) is 0 Å². The number of rotatable bonds is 4. The Labute approximate surface area is 168 Å². The summed E-state index contributed by atoms with van der Waals surface area (Å²) in [5, 5.41) is 0.577.